The van der Waals surface area contributed by atoms with Crippen LogP contribution >= 0.6 is 11.3 Å². The molecular formula is C9H8N2O2S2. The number of hydrogen-bond acceptors (Lipinski definition) is 4. The van der Waals surface area contributed by atoms with Gasteiger partial charge >= 0.3 is 0 Å². The lowest BCUT2D eigenvalue weighted by Crippen LogP contribution is -2.05. The third kappa shape index (κ3) is 1.86. The van der Waals surface area contributed by atoms with E-state index in [1.165, 1.54) is 17.5 Å². The van der Waals surface area contributed by atoms with Crippen molar-refractivity contribution in [2.24, 2.45) is 0 Å². The second-order valence-electron chi connectivity index (χ2n) is 2.87. The Labute approximate surface area is 90.7 Å². The summed E-state index contributed by atoms with van der Waals surface area (Å²) in [6, 6.07) is 8.16. The van der Waals surface area contributed by atoms with Gasteiger partial charge in [0.1, 0.15) is 5.03 Å². The van der Waals surface area contributed by atoms with Gasteiger partial charge in [0.25, 0.3) is 0 Å². The zero-order valence-electron chi connectivity index (χ0n) is 7.60. The molecule has 2 rings (SSSR count). The smallest absolute Gasteiger partial charge is 0.222 e. The lowest BCUT2D eigenvalue weighted by Gasteiger charge is -1.99. The van der Waals surface area contributed by atoms with E-state index < -0.39 is 9.84 Å². The largest absolute Gasteiger partial charge is 0.322 e. The molecule has 0 aliphatic rings. The van der Waals surface area contributed by atoms with Crippen molar-refractivity contribution in [2.75, 3.05) is 0 Å². The van der Waals surface area contributed by atoms with Crippen molar-refractivity contribution in [2.45, 2.75) is 9.92 Å². The van der Waals surface area contributed by atoms with Crippen LogP contribution in [0.2, 0.25) is 0 Å². The molecule has 0 saturated carbocycles. The van der Waals surface area contributed by atoms with Crippen molar-refractivity contribution in [1.29, 1.82) is 5.41 Å². The third-order valence-corrected chi connectivity index (χ3v) is 4.40. The van der Waals surface area contributed by atoms with Crippen LogP contribution in [-0.2, 0) is 9.84 Å². The van der Waals surface area contributed by atoms with Crippen LogP contribution in [0.3, 0.4) is 0 Å². The molecule has 6 heteroatoms. The Hall–Kier alpha value is -1.40. The monoisotopic (exact) mass is 240 g/mol. The van der Waals surface area contributed by atoms with E-state index in [1.54, 1.807) is 18.2 Å². The fourth-order valence-electron chi connectivity index (χ4n) is 1.14. The van der Waals surface area contributed by atoms with Crippen LogP contribution < -0.4 is 4.80 Å². The van der Waals surface area contributed by atoms with Gasteiger partial charge in [0, 0.05) is 5.38 Å². The maximum atomic E-state index is 11.9. The zero-order valence-corrected chi connectivity index (χ0v) is 9.23. The number of sulfone groups is 1. The molecular weight excluding hydrogens is 232 g/mol. The highest BCUT2D eigenvalue weighted by molar-refractivity contribution is 7.91. The minimum Gasteiger partial charge on any atom is -0.322 e. The summed E-state index contributed by atoms with van der Waals surface area (Å²) >= 11 is 1.06. The van der Waals surface area contributed by atoms with Gasteiger partial charge in [-0.2, -0.15) is 0 Å². The van der Waals surface area contributed by atoms with Gasteiger partial charge in [-0.15, -0.1) is 11.3 Å². The highest BCUT2D eigenvalue weighted by Crippen LogP contribution is 2.18. The maximum absolute atomic E-state index is 11.9. The Balaban J connectivity index is 2.59. The Morgan fingerprint density at radius 2 is 1.87 bits per heavy atom. The standard InChI is InChI=1S/C9H8N2O2S2/c10-9-11-8(6-14-9)15(12,13)7-4-2-1-3-5-7/h1-6H,(H2,10,11). The Morgan fingerprint density at radius 3 is 2.40 bits per heavy atom. The summed E-state index contributed by atoms with van der Waals surface area (Å²) < 4.78 is 23.9. The number of aromatic amines is 1. The molecule has 1 aromatic heterocycles. The third-order valence-electron chi connectivity index (χ3n) is 1.86. The molecule has 0 aliphatic heterocycles. The summed E-state index contributed by atoms with van der Waals surface area (Å²) in [5.74, 6) is 0. The first kappa shape index (κ1) is 10.1. The predicted molar refractivity (Wildman–Crippen MR) is 56.4 cm³/mol. The molecule has 0 saturated heterocycles. The molecule has 15 heavy (non-hydrogen) atoms. The molecule has 0 bridgehead atoms. The van der Waals surface area contributed by atoms with Gasteiger partial charge < -0.3 is 4.98 Å². The minimum atomic E-state index is -3.48. The first-order chi connectivity index (χ1) is 7.10. The van der Waals surface area contributed by atoms with Crippen LogP contribution in [0, 0.1) is 5.41 Å². The molecule has 2 aromatic rings. The second kappa shape index (κ2) is 3.63. The highest BCUT2D eigenvalue weighted by atomic mass is 32.2. The van der Waals surface area contributed by atoms with Gasteiger partial charge in [-0.3, -0.25) is 5.41 Å². The Morgan fingerprint density at radius 1 is 1.20 bits per heavy atom. The summed E-state index contributed by atoms with van der Waals surface area (Å²) in [4.78, 5) is 2.88. The molecule has 0 aliphatic carbocycles. The number of nitrogens with one attached hydrogen (secondary N) is 2. The molecule has 78 valence electrons. The first-order valence-corrected chi connectivity index (χ1v) is 6.49. The molecule has 0 radical (unpaired) electrons. The molecule has 0 unspecified atom stereocenters. The highest BCUT2D eigenvalue weighted by Gasteiger charge is 2.18. The summed E-state index contributed by atoms with van der Waals surface area (Å²) in [7, 11) is -3.48. The summed E-state index contributed by atoms with van der Waals surface area (Å²) in [5.41, 5.74) is 0. The molecule has 1 heterocycles. The van der Waals surface area contributed by atoms with Crippen molar-refractivity contribution in [3.63, 3.8) is 0 Å². The molecule has 2 N–H and O–H groups in total. The van der Waals surface area contributed by atoms with Gasteiger partial charge in [0.05, 0.1) is 4.90 Å². The lowest BCUT2D eigenvalue weighted by atomic mass is 10.4. The van der Waals surface area contributed by atoms with E-state index in [9.17, 15) is 8.42 Å². The number of benzene rings is 1. The van der Waals surface area contributed by atoms with E-state index >= 15 is 0 Å². The van der Waals surface area contributed by atoms with Gasteiger partial charge in [-0.25, -0.2) is 8.42 Å². The molecule has 4 nitrogen and oxygen atoms in total. The Bertz CT molecular complexity index is 611. The number of H-pyrrole nitrogens is 1. The second-order valence-corrected chi connectivity index (χ2v) is 5.67. The molecule has 0 amide bonds. The van der Waals surface area contributed by atoms with E-state index in [4.69, 9.17) is 5.41 Å². The summed E-state index contributed by atoms with van der Waals surface area (Å²) in [6.45, 7) is 0. The summed E-state index contributed by atoms with van der Waals surface area (Å²) in [5, 5.41) is 8.76. The van der Waals surface area contributed by atoms with E-state index in [1.807, 2.05) is 0 Å². The zero-order chi connectivity index (χ0) is 10.9. The van der Waals surface area contributed by atoms with Crippen molar-refractivity contribution in [1.82, 2.24) is 4.98 Å². The molecule has 0 atom stereocenters. The average Bonchev–Trinajstić information content (AvgIpc) is 2.67. The number of rotatable bonds is 2. The van der Waals surface area contributed by atoms with Crippen LogP contribution in [-0.4, -0.2) is 13.4 Å². The van der Waals surface area contributed by atoms with E-state index in [0.29, 0.717) is 0 Å². The quantitative estimate of drug-likeness (QED) is 0.832. The van der Waals surface area contributed by atoms with Crippen molar-refractivity contribution < 1.29 is 8.42 Å². The van der Waals surface area contributed by atoms with E-state index in [0.717, 1.165) is 11.3 Å². The molecule has 1 aromatic carbocycles. The summed E-state index contributed by atoms with van der Waals surface area (Å²) in [6.07, 6.45) is 0. The van der Waals surface area contributed by atoms with Crippen LogP contribution in [0.25, 0.3) is 0 Å². The van der Waals surface area contributed by atoms with E-state index in [2.05, 4.69) is 4.98 Å². The average molecular weight is 240 g/mol. The topological polar surface area (TPSA) is 73.8 Å². The normalized spacial score (nSPS) is 11.5. The van der Waals surface area contributed by atoms with Gasteiger partial charge in [-0.05, 0) is 12.1 Å². The number of hydrogen-bond donors (Lipinski definition) is 2. The number of thiazole rings is 1. The van der Waals surface area contributed by atoms with Crippen molar-refractivity contribution in [3.05, 3.63) is 40.5 Å². The van der Waals surface area contributed by atoms with Crippen LogP contribution in [0.1, 0.15) is 0 Å². The van der Waals surface area contributed by atoms with Gasteiger partial charge in [0.15, 0.2) is 4.80 Å². The van der Waals surface area contributed by atoms with Gasteiger partial charge in [-0.1, -0.05) is 18.2 Å². The van der Waals surface area contributed by atoms with Crippen LogP contribution in [0.5, 0.6) is 0 Å². The first-order valence-electron chi connectivity index (χ1n) is 4.13. The van der Waals surface area contributed by atoms with E-state index in [-0.39, 0.29) is 14.7 Å². The van der Waals surface area contributed by atoms with Gasteiger partial charge in [0.2, 0.25) is 9.84 Å². The fraction of sp³-hybridized carbons (Fsp3) is 0. The predicted octanol–water partition coefficient (Wildman–Crippen LogP) is 1.39. The minimum absolute atomic E-state index is 0.0729. The number of aromatic nitrogens is 1. The van der Waals surface area contributed by atoms with Crippen molar-refractivity contribution >= 4 is 21.2 Å². The van der Waals surface area contributed by atoms with Crippen molar-refractivity contribution in [3.8, 4) is 0 Å². The molecule has 0 fully saturated rings. The molecule has 0 spiro atoms. The maximum Gasteiger partial charge on any atom is 0.222 e. The fourth-order valence-corrected chi connectivity index (χ4v) is 3.31. The Kier molecular flexibility index (Phi) is 2.45. The van der Waals surface area contributed by atoms with Crippen LogP contribution in [0.4, 0.5) is 0 Å². The lowest BCUT2D eigenvalue weighted by molar-refractivity contribution is 0.592. The SMILES string of the molecule is N=c1[nH]c(S(=O)(=O)c2ccccc2)cs1. The van der Waals surface area contributed by atoms with Crippen LogP contribution in [0.15, 0.2) is 45.6 Å².